The van der Waals surface area contributed by atoms with E-state index in [9.17, 15) is 0 Å². The minimum Gasteiger partial charge on any atom is -0.330 e. The molecule has 15 heavy (non-hydrogen) atoms. The molecule has 0 bridgehead atoms. The third kappa shape index (κ3) is 4.52. The van der Waals surface area contributed by atoms with Gasteiger partial charge in [0, 0.05) is 0 Å². The second kappa shape index (κ2) is 7.24. The smallest absolute Gasteiger partial charge is 0.00461 e. The third-order valence-electron chi connectivity index (χ3n) is 3.84. The summed E-state index contributed by atoms with van der Waals surface area (Å²) in [6.45, 7) is 7.94. The molecular formula is C13H28N2. The molecule has 2 heteroatoms. The summed E-state index contributed by atoms with van der Waals surface area (Å²) < 4.78 is 0. The van der Waals surface area contributed by atoms with E-state index in [1.165, 1.54) is 45.2 Å². The molecule has 0 aliphatic carbocycles. The van der Waals surface area contributed by atoms with Gasteiger partial charge >= 0.3 is 0 Å². The maximum Gasteiger partial charge on any atom is -0.00461 e. The zero-order valence-electron chi connectivity index (χ0n) is 10.5. The summed E-state index contributed by atoms with van der Waals surface area (Å²) >= 11 is 0. The lowest BCUT2D eigenvalue weighted by molar-refractivity contribution is 0.224. The number of nitrogens with one attached hydrogen (secondary N) is 1. The van der Waals surface area contributed by atoms with Crippen molar-refractivity contribution in [2.24, 2.45) is 23.5 Å². The molecule has 1 rings (SSSR count). The summed E-state index contributed by atoms with van der Waals surface area (Å²) in [6.07, 6.45) is 6.68. The minimum atomic E-state index is 0.772. The first-order valence-corrected chi connectivity index (χ1v) is 6.68. The average molecular weight is 212 g/mol. The summed E-state index contributed by atoms with van der Waals surface area (Å²) in [5, 5.41) is 3.43. The van der Waals surface area contributed by atoms with Crippen molar-refractivity contribution in [1.29, 1.82) is 0 Å². The minimum absolute atomic E-state index is 0.772. The maximum absolute atomic E-state index is 5.93. The van der Waals surface area contributed by atoms with E-state index in [0.29, 0.717) is 0 Å². The molecule has 0 saturated carbocycles. The lowest BCUT2D eigenvalue weighted by Crippen LogP contribution is -2.35. The highest BCUT2D eigenvalue weighted by atomic mass is 14.9. The molecule has 0 radical (unpaired) electrons. The van der Waals surface area contributed by atoms with Crippen LogP contribution in [0.3, 0.4) is 0 Å². The number of piperidine rings is 1. The molecular weight excluding hydrogens is 184 g/mol. The molecule has 0 amide bonds. The van der Waals surface area contributed by atoms with Crippen LogP contribution < -0.4 is 11.1 Å². The molecule has 0 spiro atoms. The average Bonchev–Trinajstić information content (AvgIpc) is 2.27. The zero-order valence-corrected chi connectivity index (χ0v) is 10.5. The zero-order chi connectivity index (χ0) is 11.1. The fourth-order valence-electron chi connectivity index (χ4n) is 2.92. The number of rotatable bonds is 6. The van der Waals surface area contributed by atoms with Crippen molar-refractivity contribution in [2.75, 3.05) is 19.6 Å². The summed E-state index contributed by atoms with van der Waals surface area (Å²) in [5.41, 5.74) is 5.93. The highest BCUT2D eigenvalue weighted by Gasteiger charge is 2.23. The van der Waals surface area contributed by atoms with E-state index in [2.05, 4.69) is 19.2 Å². The number of hydrogen-bond acceptors (Lipinski definition) is 2. The van der Waals surface area contributed by atoms with Gasteiger partial charge in [0.05, 0.1) is 0 Å². The van der Waals surface area contributed by atoms with Crippen molar-refractivity contribution in [3.63, 3.8) is 0 Å². The van der Waals surface area contributed by atoms with Crippen molar-refractivity contribution < 1.29 is 0 Å². The topological polar surface area (TPSA) is 38.0 Å². The lowest BCUT2D eigenvalue weighted by Gasteiger charge is -2.31. The first kappa shape index (κ1) is 13.0. The Morgan fingerprint density at radius 3 is 2.53 bits per heavy atom. The van der Waals surface area contributed by atoms with E-state index in [1.807, 2.05) is 0 Å². The standard InChI is InChI=1S/C13H28N2/c1-3-4-11(2)9-13(10-14)12-5-7-15-8-6-12/h11-13,15H,3-10,14H2,1-2H3/t11-,13-/m0/s1. The largest absolute Gasteiger partial charge is 0.330 e. The van der Waals surface area contributed by atoms with E-state index in [1.54, 1.807) is 0 Å². The Bertz CT molecular complexity index is 153. The van der Waals surface area contributed by atoms with Crippen LogP contribution in [0.4, 0.5) is 0 Å². The van der Waals surface area contributed by atoms with Crippen LogP contribution >= 0.6 is 0 Å². The second-order valence-corrected chi connectivity index (χ2v) is 5.21. The van der Waals surface area contributed by atoms with E-state index < -0.39 is 0 Å². The Kier molecular flexibility index (Phi) is 6.26. The van der Waals surface area contributed by atoms with Gasteiger partial charge in [-0.2, -0.15) is 0 Å². The number of hydrogen-bond donors (Lipinski definition) is 2. The van der Waals surface area contributed by atoms with E-state index in [-0.39, 0.29) is 0 Å². The van der Waals surface area contributed by atoms with Gasteiger partial charge in [-0.05, 0) is 56.7 Å². The van der Waals surface area contributed by atoms with Crippen LogP contribution in [-0.4, -0.2) is 19.6 Å². The van der Waals surface area contributed by atoms with E-state index in [0.717, 1.165) is 24.3 Å². The summed E-state index contributed by atoms with van der Waals surface area (Å²) in [7, 11) is 0. The molecule has 0 unspecified atom stereocenters. The maximum atomic E-state index is 5.93. The lowest BCUT2D eigenvalue weighted by atomic mass is 9.79. The Labute approximate surface area is 95.0 Å². The van der Waals surface area contributed by atoms with Crippen molar-refractivity contribution in [3.05, 3.63) is 0 Å². The van der Waals surface area contributed by atoms with E-state index >= 15 is 0 Å². The molecule has 1 heterocycles. The van der Waals surface area contributed by atoms with Crippen LogP contribution in [0, 0.1) is 17.8 Å². The molecule has 90 valence electrons. The molecule has 2 atom stereocenters. The normalized spacial score (nSPS) is 22.6. The fourth-order valence-corrected chi connectivity index (χ4v) is 2.92. The van der Waals surface area contributed by atoms with Gasteiger partial charge in [0.15, 0.2) is 0 Å². The van der Waals surface area contributed by atoms with Crippen molar-refractivity contribution in [3.8, 4) is 0 Å². The predicted molar refractivity (Wildman–Crippen MR) is 66.8 cm³/mol. The summed E-state index contributed by atoms with van der Waals surface area (Å²) in [4.78, 5) is 0. The van der Waals surface area contributed by atoms with Gasteiger partial charge in [-0.25, -0.2) is 0 Å². The highest BCUT2D eigenvalue weighted by Crippen LogP contribution is 2.28. The Morgan fingerprint density at radius 1 is 1.33 bits per heavy atom. The molecule has 1 saturated heterocycles. The van der Waals surface area contributed by atoms with Crippen molar-refractivity contribution >= 4 is 0 Å². The monoisotopic (exact) mass is 212 g/mol. The van der Waals surface area contributed by atoms with Gasteiger partial charge in [0.2, 0.25) is 0 Å². The quantitative estimate of drug-likeness (QED) is 0.709. The van der Waals surface area contributed by atoms with Gasteiger partial charge in [0.25, 0.3) is 0 Å². The van der Waals surface area contributed by atoms with Crippen LogP contribution in [0.2, 0.25) is 0 Å². The molecule has 2 nitrogen and oxygen atoms in total. The van der Waals surface area contributed by atoms with E-state index in [4.69, 9.17) is 5.73 Å². The van der Waals surface area contributed by atoms with Crippen molar-refractivity contribution in [1.82, 2.24) is 5.32 Å². The van der Waals surface area contributed by atoms with Crippen LogP contribution in [0.15, 0.2) is 0 Å². The predicted octanol–water partition coefficient (Wildman–Crippen LogP) is 2.39. The summed E-state index contributed by atoms with van der Waals surface area (Å²) in [5.74, 6) is 2.52. The molecule has 0 aromatic rings. The molecule has 0 aromatic carbocycles. The van der Waals surface area contributed by atoms with Gasteiger partial charge in [-0.15, -0.1) is 0 Å². The van der Waals surface area contributed by atoms with Crippen molar-refractivity contribution in [2.45, 2.75) is 46.0 Å². The molecule has 1 fully saturated rings. The van der Waals surface area contributed by atoms with Crippen LogP contribution in [0.5, 0.6) is 0 Å². The van der Waals surface area contributed by atoms with Gasteiger partial charge in [0.1, 0.15) is 0 Å². The molecule has 1 aliphatic rings. The second-order valence-electron chi connectivity index (χ2n) is 5.21. The summed E-state index contributed by atoms with van der Waals surface area (Å²) in [6, 6.07) is 0. The SMILES string of the molecule is CCC[C@H](C)C[C@@H](CN)C1CCNCC1. The molecule has 1 aliphatic heterocycles. The van der Waals surface area contributed by atoms with Crippen LogP contribution in [0.1, 0.15) is 46.0 Å². The van der Waals surface area contributed by atoms with Crippen LogP contribution in [-0.2, 0) is 0 Å². The third-order valence-corrected chi connectivity index (χ3v) is 3.84. The molecule has 3 N–H and O–H groups in total. The van der Waals surface area contributed by atoms with Gasteiger partial charge in [-0.3, -0.25) is 0 Å². The van der Waals surface area contributed by atoms with Gasteiger partial charge < -0.3 is 11.1 Å². The Morgan fingerprint density at radius 2 is 2.00 bits per heavy atom. The first-order valence-electron chi connectivity index (χ1n) is 6.68. The molecule has 0 aromatic heterocycles. The van der Waals surface area contributed by atoms with Gasteiger partial charge in [-0.1, -0.05) is 26.7 Å². The first-order chi connectivity index (χ1) is 7.27. The highest BCUT2D eigenvalue weighted by molar-refractivity contribution is 4.77. The fraction of sp³-hybridized carbons (Fsp3) is 1.00. The van der Waals surface area contributed by atoms with Crippen LogP contribution in [0.25, 0.3) is 0 Å². The number of nitrogens with two attached hydrogens (primary N) is 1. The Balaban J connectivity index is 2.32. The Hall–Kier alpha value is -0.0800.